The molecule has 3 aromatic carbocycles. The van der Waals surface area contributed by atoms with Gasteiger partial charge in [-0.3, -0.25) is 14.6 Å². The molecule has 1 aliphatic rings. The van der Waals surface area contributed by atoms with Gasteiger partial charge >= 0.3 is 6.03 Å². The average Bonchev–Trinajstić information content (AvgIpc) is 3.29. The number of benzene rings is 3. The largest absolute Gasteiger partial charge is 0.368 e. The number of aryl methyl sites for hydroxylation is 1. The zero-order valence-electron chi connectivity index (χ0n) is 19.5. The molecule has 4 rings (SSSR count). The maximum atomic E-state index is 13.3. The fourth-order valence-electron chi connectivity index (χ4n) is 3.76. The van der Waals surface area contributed by atoms with Crippen LogP contribution in [0.1, 0.15) is 17.5 Å². The summed E-state index contributed by atoms with van der Waals surface area (Å²) in [6, 6.07) is 18.6. The van der Waals surface area contributed by atoms with E-state index in [0.29, 0.717) is 17.1 Å². The summed E-state index contributed by atoms with van der Waals surface area (Å²) in [6.07, 6.45) is 0.0271. The molecule has 36 heavy (non-hydrogen) atoms. The van der Waals surface area contributed by atoms with Gasteiger partial charge in [0.25, 0.3) is 5.91 Å². The molecule has 4 amide bonds. The Morgan fingerprint density at radius 3 is 2.33 bits per heavy atom. The van der Waals surface area contributed by atoms with Crippen molar-refractivity contribution in [2.45, 2.75) is 25.9 Å². The van der Waals surface area contributed by atoms with Gasteiger partial charge < -0.3 is 21.7 Å². The van der Waals surface area contributed by atoms with Crippen molar-refractivity contribution in [3.05, 3.63) is 89.7 Å². The van der Waals surface area contributed by atoms with Crippen molar-refractivity contribution in [3.63, 3.8) is 0 Å². The standard InChI is InChI=1S/C26H25FN6O3/c1-16-4-2-6-19(12-16)30-26(36)31-20-7-3-5-17(13-20)15-29-25(35)22-14-23(24(28)34)33(32-22)21-10-8-18(27)9-11-21/h2-13,23H,14-15H2,1H3,(H2,28,34)(H,29,35)(H2,30,31,36). The summed E-state index contributed by atoms with van der Waals surface area (Å²) in [6.45, 7) is 2.11. The van der Waals surface area contributed by atoms with Crippen molar-refractivity contribution in [1.29, 1.82) is 0 Å². The quantitative estimate of drug-likeness (QED) is 0.406. The first-order valence-corrected chi connectivity index (χ1v) is 11.2. The number of nitrogens with one attached hydrogen (secondary N) is 3. The Balaban J connectivity index is 1.37. The number of hydrazone groups is 1. The number of nitrogens with zero attached hydrogens (tertiary/aromatic N) is 2. The Hall–Kier alpha value is -4.73. The van der Waals surface area contributed by atoms with Crippen molar-refractivity contribution >= 4 is 40.6 Å². The van der Waals surface area contributed by atoms with E-state index < -0.39 is 23.7 Å². The van der Waals surface area contributed by atoms with Crippen LogP contribution in [-0.4, -0.2) is 29.6 Å². The second-order valence-electron chi connectivity index (χ2n) is 8.32. The average molecular weight is 489 g/mol. The molecule has 1 atom stereocenters. The molecule has 0 bridgehead atoms. The lowest BCUT2D eigenvalue weighted by Gasteiger charge is -2.20. The molecule has 1 heterocycles. The number of halogens is 1. The highest BCUT2D eigenvalue weighted by Crippen LogP contribution is 2.25. The van der Waals surface area contributed by atoms with E-state index in [2.05, 4.69) is 21.1 Å². The Labute approximate surface area is 207 Å². The molecule has 0 spiro atoms. The van der Waals surface area contributed by atoms with Gasteiger partial charge in [-0.15, -0.1) is 0 Å². The second-order valence-corrected chi connectivity index (χ2v) is 8.32. The molecule has 1 aliphatic heterocycles. The second kappa shape index (κ2) is 10.7. The van der Waals surface area contributed by atoms with Gasteiger partial charge in [-0.1, -0.05) is 24.3 Å². The Morgan fingerprint density at radius 1 is 1.00 bits per heavy atom. The molecular formula is C26H25FN6O3. The first kappa shape index (κ1) is 24.4. The zero-order valence-corrected chi connectivity index (χ0v) is 19.5. The summed E-state index contributed by atoms with van der Waals surface area (Å²) in [7, 11) is 0. The highest BCUT2D eigenvalue weighted by atomic mass is 19.1. The summed E-state index contributed by atoms with van der Waals surface area (Å²) in [4.78, 5) is 37.0. The molecule has 0 fully saturated rings. The summed E-state index contributed by atoms with van der Waals surface area (Å²) in [5.41, 5.74) is 9.09. The van der Waals surface area contributed by atoms with Crippen LogP contribution in [0.25, 0.3) is 0 Å². The smallest absolute Gasteiger partial charge is 0.323 e. The van der Waals surface area contributed by atoms with Crippen molar-refractivity contribution in [1.82, 2.24) is 5.32 Å². The van der Waals surface area contributed by atoms with Crippen LogP contribution in [0.4, 0.5) is 26.2 Å². The van der Waals surface area contributed by atoms with E-state index in [4.69, 9.17) is 5.73 Å². The van der Waals surface area contributed by atoms with Crippen molar-refractivity contribution in [2.24, 2.45) is 10.8 Å². The van der Waals surface area contributed by atoms with Crippen molar-refractivity contribution in [2.75, 3.05) is 15.6 Å². The molecule has 5 N–H and O–H groups in total. The number of rotatable bonds is 7. The van der Waals surface area contributed by atoms with Crippen LogP contribution in [0.5, 0.6) is 0 Å². The van der Waals surface area contributed by atoms with Crippen LogP contribution < -0.4 is 26.7 Å². The summed E-state index contributed by atoms with van der Waals surface area (Å²) >= 11 is 0. The van der Waals surface area contributed by atoms with Crippen LogP contribution in [0.2, 0.25) is 0 Å². The van der Waals surface area contributed by atoms with Crippen LogP contribution in [0.3, 0.4) is 0 Å². The Kier molecular flexibility index (Phi) is 7.24. The van der Waals surface area contributed by atoms with Gasteiger partial charge in [0.2, 0.25) is 5.91 Å². The topological polar surface area (TPSA) is 129 Å². The normalized spacial score (nSPS) is 14.7. The predicted molar refractivity (Wildman–Crippen MR) is 136 cm³/mol. The molecule has 0 saturated heterocycles. The number of carbonyl (C=O) groups excluding carboxylic acids is 3. The number of urea groups is 1. The molecular weight excluding hydrogens is 463 g/mol. The molecule has 0 radical (unpaired) electrons. The lowest BCUT2D eigenvalue weighted by Crippen LogP contribution is -2.39. The maximum absolute atomic E-state index is 13.3. The minimum absolute atomic E-state index is 0.0271. The first-order chi connectivity index (χ1) is 17.3. The van der Waals surface area contributed by atoms with Crippen LogP contribution in [0, 0.1) is 12.7 Å². The van der Waals surface area contributed by atoms with Gasteiger partial charge in [-0.05, 0) is 66.6 Å². The van der Waals surface area contributed by atoms with E-state index >= 15 is 0 Å². The highest BCUT2D eigenvalue weighted by Gasteiger charge is 2.34. The van der Waals surface area contributed by atoms with E-state index in [1.54, 1.807) is 30.3 Å². The van der Waals surface area contributed by atoms with E-state index in [-0.39, 0.29) is 24.7 Å². The van der Waals surface area contributed by atoms with E-state index in [0.717, 1.165) is 11.1 Å². The van der Waals surface area contributed by atoms with Crippen LogP contribution in [-0.2, 0) is 16.1 Å². The summed E-state index contributed by atoms with van der Waals surface area (Å²) < 4.78 is 13.3. The van der Waals surface area contributed by atoms with E-state index in [1.165, 1.54) is 29.3 Å². The van der Waals surface area contributed by atoms with E-state index in [9.17, 15) is 18.8 Å². The monoisotopic (exact) mass is 488 g/mol. The fraction of sp³-hybridized carbons (Fsp3) is 0.154. The van der Waals surface area contributed by atoms with E-state index in [1.807, 2.05) is 25.1 Å². The van der Waals surface area contributed by atoms with Gasteiger partial charge in [-0.25, -0.2) is 9.18 Å². The molecule has 9 nitrogen and oxygen atoms in total. The Bertz CT molecular complexity index is 1330. The molecule has 0 aliphatic carbocycles. The third-order valence-electron chi connectivity index (χ3n) is 5.51. The number of carbonyl (C=O) groups is 3. The molecule has 184 valence electrons. The van der Waals surface area contributed by atoms with Crippen LogP contribution in [0.15, 0.2) is 77.9 Å². The molecule has 0 saturated carbocycles. The van der Waals surface area contributed by atoms with Gasteiger partial charge in [0, 0.05) is 24.3 Å². The zero-order chi connectivity index (χ0) is 25.7. The lowest BCUT2D eigenvalue weighted by molar-refractivity contribution is -0.119. The van der Waals surface area contributed by atoms with Crippen molar-refractivity contribution in [3.8, 4) is 0 Å². The lowest BCUT2D eigenvalue weighted by atomic mass is 10.1. The number of anilines is 3. The molecule has 3 aromatic rings. The fourth-order valence-corrected chi connectivity index (χ4v) is 3.76. The summed E-state index contributed by atoms with van der Waals surface area (Å²) in [5.74, 6) is -1.53. The summed E-state index contributed by atoms with van der Waals surface area (Å²) in [5, 5.41) is 13.9. The molecule has 10 heteroatoms. The van der Waals surface area contributed by atoms with Gasteiger partial charge in [0.1, 0.15) is 17.6 Å². The predicted octanol–water partition coefficient (Wildman–Crippen LogP) is 3.51. The minimum Gasteiger partial charge on any atom is -0.368 e. The number of hydrogen-bond acceptors (Lipinski definition) is 5. The van der Waals surface area contributed by atoms with Gasteiger partial charge in [0.15, 0.2) is 0 Å². The molecule has 0 aromatic heterocycles. The third kappa shape index (κ3) is 6.03. The minimum atomic E-state index is -0.851. The third-order valence-corrected chi connectivity index (χ3v) is 5.51. The van der Waals surface area contributed by atoms with Gasteiger partial charge in [0.05, 0.1) is 5.69 Å². The van der Waals surface area contributed by atoms with Gasteiger partial charge in [-0.2, -0.15) is 5.10 Å². The number of hydrogen-bond donors (Lipinski definition) is 4. The number of nitrogens with two attached hydrogens (primary N) is 1. The maximum Gasteiger partial charge on any atom is 0.323 e. The molecule has 1 unspecified atom stereocenters. The van der Waals surface area contributed by atoms with Crippen LogP contribution >= 0.6 is 0 Å². The number of primary amides is 1. The van der Waals surface area contributed by atoms with Crippen molar-refractivity contribution < 1.29 is 18.8 Å². The number of amides is 4. The SMILES string of the molecule is Cc1cccc(NC(=O)Nc2cccc(CNC(=O)C3=NN(c4ccc(F)cc4)C(C(N)=O)C3)c2)c1. The highest BCUT2D eigenvalue weighted by molar-refractivity contribution is 6.40. The first-order valence-electron chi connectivity index (χ1n) is 11.2. The Morgan fingerprint density at radius 2 is 1.67 bits per heavy atom.